The molecule has 54 valence electrons. The molecule has 0 aromatic heterocycles. The maximum Gasteiger partial charge on any atom is 3.00 e. The molecule has 1 heteroatoms. The Morgan fingerprint density at radius 3 is 2.45 bits per heavy atom. The second-order valence-corrected chi connectivity index (χ2v) is 1.96. The summed E-state index contributed by atoms with van der Waals surface area (Å²) in [6, 6.07) is 8.96. The van der Waals surface area contributed by atoms with Crippen molar-refractivity contribution < 1.29 is 32.7 Å². The molecule has 0 spiro atoms. The van der Waals surface area contributed by atoms with Crippen LogP contribution in [0.5, 0.6) is 0 Å². The summed E-state index contributed by atoms with van der Waals surface area (Å²) < 4.78 is 0. The van der Waals surface area contributed by atoms with Crippen molar-refractivity contribution in [3.8, 4) is 0 Å². The molecular formula is C10H11Y. The first-order valence-electron chi connectivity index (χ1n) is 2.87. The smallest absolute Gasteiger partial charge is 0.358 e. The third-order valence-corrected chi connectivity index (χ3v) is 1.14. The zero-order chi connectivity index (χ0) is 6.69. The Bertz CT molecular complexity index is 216. The normalized spacial score (nSPS) is 7.36. The summed E-state index contributed by atoms with van der Waals surface area (Å²) in [5, 5.41) is 0. The van der Waals surface area contributed by atoms with E-state index in [1.54, 1.807) is 6.08 Å². The Kier molecular flexibility index (Phi) is 8.38. The number of hydrogen-bond acceptors (Lipinski definition) is 0. The van der Waals surface area contributed by atoms with Gasteiger partial charge < -0.3 is 25.6 Å². The van der Waals surface area contributed by atoms with Crippen LogP contribution in [0, 0.1) is 27.0 Å². The molecule has 0 aliphatic carbocycles. The van der Waals surface area contributed by atoms with Crippen molar-refractivity contribution in [3.05, 3.63) is 49.4 Å². The average Bonchev–Trinajstić information content (AvgIpc) is 1.88. The summed E-state index contributed by atoms with van der Waals surface area (Å²) in [7, 11) is 0. The van der Waals surface area contributed by atoms with Gasteiger partial charge in [0.1, 0.15) is 0 Å². The topological polar surface area (TPSA) is 0 Å². The van der Waals surface area contributed by atoms with Gasteiger partial charge in [-0.2, -0.15) is 11.6 Å². The van der Waals surface area contributed by atoms with Gasteiger partial charge in [-0.15, -0.1) is 6.07 Å². The molecule has 0 amide bonds. The Balaban J connectivity index is 0. The van der Waals surface area contributed by atoms with Gasteiger partial charge >= 0.3 is 32.7 Å². The van der Waals surface area contributed by atoms with E-state index in [0.717, 1.165) is 11.1 Å². The molecule has 0 nitrogen and oxygen atoms in total. The number of hydrogen-bond donors (Lipinski definition) is 0. The monoisotopic (exact) mass is 220 g/mol. The van der Waals surface area contributed by atoms with E-state index in [-0.39, 0.29) is 40.1 Å². The Labute approximate surface area is 94.6 Å². The molecule has 1 aromatic rings. The standard InChI is InChI=1S/C9H8.CH3.Y/c1-3-9-6-4-5-8(2)7-9;;/h1,3-6H,2H3;1H3;/q-2;-1;+3. The van der Waals surface area contributed by atoms with Crippen molar-refractivity contribution in [2.75, 3.05) is 0 Å². The second-order valence-electron chi connectivity index (χ2n) is 1.96. The summed E-state index contributed by atoms with van der Waals surface area (Å²) in [5.41, 5.74) is 2.07. The van der Waals surface area contributed by atoms with Crippen molar-refractivity contribution in [2.45, 2.75) is 6.92 Å². The minimum Gasteiger partial charge on any atom is -0.358 e. The fraction of sp³-hybridized carbons (Fsp3) is 0.100. The van der Waals surface area contributed by atoms with Gasteiger partial charge in [0.25, 0.3) is 0 Å². The van der Waals surface area contributed by atoms with E-state index in [1.807, 2.05) is 25.1 Å². The Morgan fingerprint density at radius 1 is 1.45 bits per heavy atom. The van der Waals surface area contributed by atoms with Crippen molar-refractivity contribution in [1.82, 2.24) is 0 Å². The summed E-state index contributed by atoms with van der Waals surface area (Å²) in [6.07, 6.45) is 1.55. The maximum absolute atomic E-state index is 5.26. The number of aryl methyl sites for hydroxylation is 1. The quantitative estimate of drug-likeness (QED) is 0.638. The van der Waals surface area contributed by atoms with Crippen LogP contribution in [0.4, 0.5) is 0 Å². The predicted octanol–water partition coefficient (Wildman–Crippen LogP) is 2.69. The third kappa shape index (κ3) is 4.50. The zero-order valence-electron chi connectivity index (χ0n) is 6.96. The number of rotatable bonds is 1. The van der Waals surface area contributed by atoms with Crippen LogP contribution < -0.4 is 0 Å². The molecule has 0 fully saturated rings. The minimum atomic E-state index is 0. The van der Waals surface area contributed by atoms with Crippen LogP contribution in [0.1, 0.15) is 11.1 Å². The van der Waals surface area contributed by atoms with Gasteiger partial charge in [0, 0.05) is 0 Å². The molecule has 0 unspecified atom stereocenters. The van der Waals surface area contributed by atoms with Gasteiger partial charge in [0.2, 0.25) is 0 Å². The first-order valence-corrected chi connectivity index (χ1v) is 2.87. The van der Waals surface area contributed by atoms with Gasteiger partial charge in [-0.3, -0.25) is 0 Å². The summed E-state index contributed by atoms with van der Waals surface area (Å²) in [6.45, 7) is 7.26. The van der Waals surface area contributed by atoms with E-state index in [9.17, 15) is 0 Å². The summed E-state index contributed by atoms with van der Waals surface area (Å²) in [5.74, 6) is 0. The Hall–Kier alpha value is 0.0639. The first kappa shape index (κ1) is 13.6. The molecule has 0 bridgehead atoms. The van der Waals surface area contributed by atoms with Gasteiger partial charge in [-0.25, -0.2) is 12.1 Å². The maximum atomic E-state index is 5.26. The van der Waals surface area contributed by atoms with Crippen LogP contribution >= 0.6 is 0 Å². The van der Waals surface area contributed by atoms with Crippen LogP contribution in [0.15, 0.2) is 18.2 Å². The van der Waals surface area contributed by atoms with E-state index >= 15 is 0 Å². The largest absolute Gasteiger partial charge is 3.00 e. The molecule has 1 rings (SSSR count). The Morgan fingerprint density at radius 2 is 2.09 bits per heavy atom. The van der Waals surface area contributed by atoms with Gasteiger partial charge in [-0.05, 0) is 0 Å². The van der Waals surface area contributed by atoms with Gasteiger partial charge in [0.15, 0.2) is 0 Å². The van der Waals surface area contributed by atoms with Crippen molar-refractivity contribution in [2.24, 2.45) is 0 Å². The molecule has 0 aliphatic heterocycles. The molecule has 1 aromatic carbocycles. The average molecular weight is 220 g/mol. The predicted molar refractivity (Wildman–Crippen MR) is 45.2 cm³/mol. The molecule has 0 N–H and O–H groups in total. The molecule has 0 saturated heterocycles. The van der Waals surface area contributed by atoms with Crippen LogP contribution in [0.2, 0.25) is 0 Å². The molecule has 0 aliphatic rings. The number of benzene rings is 1. The first-order chi connectivity index (χ1) is 4.33. The molecular weight excluding hydrogens is 209 g/mol. The fourth-order valence-corrected chi connectivity index (χ4v) is 0.704. The van der Waals surface area contributed by atoms with Crippen molar-refractivity contribution in [3.63, 3.8) is 0 Å². The van der Waals surface area contributed by atoms with E-state index in [0.29, 0.717) is 0 Å². The van der Waals surface area contributed by atoms with Gasteiger partial charge in [-0.1, -0.05) is 6.92 Å². The zero-order valence-corrected chi connectivity index (χ0v) is 9.80. The van der Waals surface area contributed by atoms with Crippen molar-refractivity contribution >= 4 is 6.08 Å². The van der Waals surface area contributed by atoms with Gasteiger partial charge in [0.05, 0.1) is 0 Å². The summed E-state index contributed by atoms with van der Waals surface area (Å²) in [4.78, 5) is 0. The summed E-state index contributed by atoms with van der Waals surface area (Å²) >= 11 is 0. The van der Waals surface area contributed by atoms with Crippen LogP contribution in [-0.4, -0.2) is 0 Å². The van der Waals surface area contributed by atoms with E-state index in [2.05, 4.69) is 6.07 Å². The molecule has 0 atom stereocenters. The van der Waals surface area contributed by atoms with Crippen LogP contribution in [0.3, 0.4) is 0 Å². The fourth-order valence-electron chi connectivity index (χ4n) is 0.704. The van der Waals surface area contributed by atoms with Crippen LogP contribution in [-0.2, 0) is 32.7 Å². The van der Waals surface area contributed by atoms with E-state index in [4.69, 9.17) is 6.58 Å². The minimum absolute atomic E-state index is 0. The van der Waals surface area contributed by atoms with E-state index in [1.165, 1.54) is 0 Å². The molecule has 0 heterocycles. The van der Waals surface area contributed by atoms with Crippen molar-refractivity contribution in [1.29, 1.82) is 0 Å². The molecule has 11 heavy (non-hydrogen) atoms. The SMILES string of the molecule is [CH-]=Cc1[c-]c(C)ccc1.[CH3-].[Y+3]. The van der Waals surface area contributed by atoms with E-state index < -0.39 is 0 Å². The van der Waals surface area contributed by atoms with Crippen LogP contribution in [0.25, 0.3) is 6.08 Å². The molecule has 0 saturated carbocycles. The second kappa shape index (κ2) is 6.75. The molecule has 0 radical (unpaired) electrons. The third-order valence-electron chi connectivity index (χ3n) is 1.14.